The zero-order valence-corrected chi connectivity index (χ0v) is 22.1. The number of aliphatic hydroxyl groups is 4. The Hall–Kier alpha value is -1.64. The standard InChI is InChI=1S/C24H43N5O7S/c30-13-16-22(34)23(35)17(31)12-29(16)11-5-1-2-7-19(32)25-9-10-26-20(33)8-4-3-6-18-21-15(14-37-18)27-24(36)28-21/h15-18,21-23,30-31,34-35H,1-14H2,(H,25,32)(H,26,33)(H2,27,28,36)/t15?,16-,17-,18?,21?,22+,23+/m0/s1. The average Bonchev–Trinajstić information content (AvgIpc) is 3.42. The van der Waals surface area contributed by atoms with Gasteiger partial charge in [0.05, 0.1) is 30.8 Å². The van der Waals surface area contributed by atoms with Gasteiger partial charge >= 0.3 is 6.03 Å². The highest BCUT2D eigenvalue weighted by Gasteiger charge is 2.42. The van der Waals surface area contributed by atoms with E-state index in [0.29, 0.717) is 44.1 Å². The van der Waals surface area contributed by atoms with Gasteiger partial charge in [-0.1, -0.05) is 12.8 Å². The topological polar surface area (TPSA) is 183 Å². The Morgan fingerprint density at radius 1 is 0.946 bits per heavy atom. The predicted molar refractivity (Wildman–Crippen MR) is 139 cm³/mol. The lowest BCUT2D eigenvalue weighted by Gasteiger charge is -2.43. The van der Waals surface area contributed by atoms with E-state index in [4.69, 9.17) is 0 Å². The lowest BCUT2D eigenvalue weighted by molar-refractivity contribution is -0.145. The molecule has 3 rings (SSSR count). The normalized spacial score (nSPS) is 31.5. The molecule has 8 N–H and O–H groups in total. The average molecular weight is 546 g/mol. The number of fused-ring (bicyclic) bond motifs is 1. The SMILES string of the molecule is O=C(CCCCCN1C[C@H](O)[C@@H](O)[C@H](O)[C@@H]1CO)NCCNC(=O)CCCCC1SCC2NC(=O)NC21. The van der Waals surface area contributed by atoms with Crippen molar-refractivity contribution in [3.05, 3.63) is 0 Å². The van der Waals surface area contributed by atoms with Crippen LogP contribution in [0.5, 0.6) is 0 Å². The van der Waals surface area contributed by atoms with E-state index in [1.165, 1.54) is 0 Å². The molecule has 0 aromatic rings. The molecule has 0 bridgehead atoms. The fraction of sp³-hybridized carbons (Fsp3) is 0.875. The van der Waals surface area contributed by atoms with Crippen LogP contribution in [0.25, 0.3) is 0 Å². The summed E-state index contributed by atoms with van der Waals surface area (Å²) in [5, 5.41) is 51.1. The molecule has 0 saturated carbocycles. The molecule has 3 saturated heterocycles. The Morgan fingerprint density at radius 2 is 1.62 bits per heavy atom. The lowest BCUT2D eigenvalue weighted by atomic mass is 9.94. The van der Waals surface area contributed by atoms with E-state index in [-0.39, 0.29) is 43.1 Å². The van der Waals surface area contributed by atoms with Gasteiger partial charge in [0.2, 0.25) is 11.8 Å². The van der Waals surface area contributed by atoms with Gasteiger partial charge in [-0.25, -0.2) is 4.79 Å². The fourth-order valence-electron chi connectivity index (χ4n) is 5.27. The summed E-state index contributed by atoms with van der Waals surface area (Å²) < 4.78 is 0. The minimum Gasteiger partial charge on any atom is -0.395 e. The number of piperidine rings is 1. The van der Waals surface area contributed by atoms with Crippen molar-refractivity contribution in [2.45, 2.75) is 93.1 Å². The molecule has 3 aliphatic heterocycles. The van der Waals surface area contributed by atoms with E-state index < -0.39 is 24.4 Å². The molecule has 0 aliphatic carbocycles. The first-order valence-electron chi connectivity index (χ1n) is 13.4. The van der Waals surface area contributed by atoms with E-state index in [2.05, 4.69) is 21.3 Å². The summed E-state index contributed by atoms with van der Waals surface area (Å²) in [5.74, 6) is 0.838. The number of carbonyl (C=O) groups is 3. The van der Waals surface area contributed by atoms with Crippen LogP contribution >= 0.6 is 11.8 Å². The molecule has 0 aromatic heterocycles. The summed E-state index contributed by atoms with van der Waals surface area (Å²) in [7, 11) is 0. The van der Waals surface area contributed by atoms with Gasteiger partial charge in [-0.2, -0.15) is 11.8 Å². The minimum absolute atomic E-state index is 0.0244. The maximum Gasteiger partial charge on any atom is 0.315 e. The maximum absolute atomic E-state index is 12.0. The second-order valence-corrected chi connectivity index (χ2v) is 11.4. The molecule has 7 atom stereocenters. The van der Waals surface area contributed by atoms with Crippen LogP contribution in [0.2, 0.25) is 0 Å². The number of amides is 4. The van der Waals surface area contributed by atoms with Crippen molar-refractivity contribution < 1.29 is 34.8 Å². The number of nitrogens with zero attached hydrogens (tertiary/aromatic N) is 1. The van der Waals surface area contributed by atoms with Crippen molar-refractivity contribution in [2.75, 3.05) is 38.5 Å². The highest BCUT2D eigenvalue weighted by atomic mass is 32.2. The van der Waals surface area contributed by atoms with Crippen LogP contribution in [0.4, 0.5) is 4.79 Å². The lowest BCUT2D eigenvalue weighted by Crippen LogP contribution is -2.62. The van der Waals surface area contributed by atoms with Crippen molar-refractivity contribution in [3.63, 3.8) is 0 Å². The van der Waals surface area contributed by atoms with Crippen molar-refractivity contribution in [1.82, 2.24) is 26.2 Å². The second kappa shape index (κ2) is 15.1. The quantitative estimate of drug-likeness (QED) is 0.0875. The largest absolute Gasteiger partial charge is 0.395 e. The maximum atomic E-state index is 12.0. The van der Waals surface area contributed by atoms with Crippen LogP contribution in [0, 0.1) is 0 Å². The Balaban J connectivity index is 1.14. The van der Waals surface area contributed by atoms with E-state index in [1.54, 1.807) is 4.90 Å². The molecule has 0 radical (unpaired) electrons. The van der Waals surface area contributed by atoms with Crippen molar-refractivity contribution >= 4 is 29.6 Å². The first kappa shape index (κ1) is 29.9. The Kier molecular flexibility index (Phi) is 12.2. The number of unbranched alkanes of at least 4 members (excludes halogenated alkanes) is 3. The highest BCUT2D eigenvalue weighted by molar-refractivity contribution is 8.00. The molecule has 0 spiro atoms. The van der Waals surface area contributed by atoms with Gasteiger partial charge in [-0.15, -0.1) is 0 Å². The molecule has 3 fully saturated rings. The molecule has 13 heteroatoms. The van der Waals surface area contributed by atoms with E-state index in [1.807, 2.05) is 11.8 Å². The molecule has 3 heterocycles. The smallest absolute Gasteiger partial charge is 0.315 e. The van der Waals surface area contributed by atoms with Gasteiger partial charge in [0.1, 0.15) is 12.2 Å². The number of nitrogens with one attached hydrogen (secondary N) is 4. The third kappa shape index (κ3) is 8.96. The summed E-state index contributed by atoms with van der Waals surface area (Å²) in [4.78, 5) is 37.2. The monoisotopic (exact) mass is 545 g/mol. The number of urea groups is 1. The molecular weight excluding hydrogens is 502 g/mol. The number of likely N-dealkylation sites (tertiary alicyclic amines) is 1. The van der Waals surface area contributed by atoms with Crippen LogP contribution in [-0.4, -0.2) is 123 Å². The number of carbonyl (C=O) groups excluding carboxylic acids is 3. The van der Waals surface area contributed by atoms with Crippen LogP contribution < -0.4 is 21.3 Å². The van der Waals surface area contributed by atoms with Gasteiger partial charge in [0.15, 0.2) is 0 Å². The fourth-order valence-corrected chi connectivity index (χ4v) is 6.81. The third-order valence-corrected chi connectivity index (χ3v) is 8.92. The Labute approximate surface area is 222 Å². The third-order valence-electron chi connectivity index (χ3n) is 7.42. The van der Waals surface area contributed by atoms with Crippen LogP contribution in [0.15, 0.2) is 0 Å². The van der Waals surface area contributed by atoms with Crippen molar-refractivity contribution in [1.29, 1.82) is 0 Å². The van der Waals surface area contributed by atoms with E-state index >= 15 is 0 Å². The van der Waals surface area contributed by atoms with Crippen LogP contribution in [0.3, 0.4) is 0 Å². The number of rotatable bonds is 15. The Bertz CT molecular complexity index is 763. The summed E-state index contributed by atoms with van der Waals surface area (Å²) in [6.45, 7) is 1.20. The zero-order chi connectivity index (χ0) is 26.8. The molecular formula is C24H43N5O7S. The summed E-state index contributed by atoms with van der Waals surface area (Å²) in [6.07, 6.45) is 2.22. The predicted octanol–water partition coefficient (Wildman–Crippen LogP) is -1.74. The molecule has 12 nitrogen and oxygen atoms in total. The second-order valence-electron chi connectivity index (χ2n) is 10.2. The number of hydrogen-bond donors (Lipinski definition) is 8. The molecule has 0 aromatic carbocycles. The van der Waals surface area contributed by atoms with Gasteiger partial charge in [-0.05, 0) is 32.2 Å². The number of aliphatic hydroxyl groups excluding tert-OH is 4. The number of β-amino-alcohol motifs (C(OH)–C–C–N with tert-alkyl or cyclic N) is 1. The van der Waals surface area contributed by atoms with Crippen LogP contribution in [-0.2, 0) is 9.59 Å². The van der Waals surface area contributed by atoms with Gasteiger partial charge in [0.25, 0.3) is 0 Å². The number of thioether (sulfide) groups is 1. The summed E-state index contributed by atoms with van der Waals surface area (Å²) in [6, 6.07) is -0.270. The Morgan fingerprint density at radius 3 is 2.30 bits per heavy atom. The first-order chi connectivity index (χ1) is 17.8. The van der Waals surface area contributed by atoms with Crippen molar-refractivity contribution in [2.24, 2.45) is 0 Å². The molecule has 3 aliphatic rings. The van der Waals surface area contributed by atoms with Gasteiger partial charge in [0, 0.05) is 43.5 Å². The van der Waals surface area contributed by atoms with Crippen molar-refractivity contribution in [3.8, 4) is 0 Å². The van der Waals surface area contributed by atoms with E-state index in [9.17, 15) is 34.8 Å². The molecule has 37 heavy (non-hydrogen) atoms. The van der Waals surface area contributed by atoms with Crippen LogP contribution in [0.1, 0.15) is 51.4 Å². The minimum atomic E-state index is -1.26. The molecule has 4 amide bonds. The van der Waals surface area contributed by atoms with Gasteiger partial charge < -0.3 is 41.7 Å². The van der Waals surface area contributed by atoms with E-state index in [0.717, 1.165) is 37.9 Å². The number of hydrogen-bond acceptors (Lipinski definition) is 9. The zero-order valence-electron chi connectivity index (χ0n) is 21.3. The van der Waals surface area contributed by atoms with Gasteiger partial charge in [-0.3, -0.25) is 14.5 Å². The summed E-state index contributed by atoms with van der Waals surface area (Å²) in [5.41, 5.74) is 0. The summed E-state index contributed by atoms with van der Waals surface area (Å²) >= 11 is 1.87. The first-order valence-corrected chi connectivity index (χ1v) is 14.5. The molecule has 3 unspecified atom stereocenters. The highest BCUT2D eigenvalue weighted by Crippen LogP contribution is 2.33. The molecule has 212 valence electrons.